The maximum atomic E-state index is 14.3. The molecule has 164 valence electrons. The Hall–Kier alpha value is -3.78. The summed E-state index contributed by atoms with van der Waals surface area (Å²) in [4.78, 5) is 23.2. The molecule has 0 aliphatic rings. The molecule has 4 aromatic rings. The highest BCUT2D eigenvalue weighted by Gasteiger charge is 2.18. The minimum atomic E-state index is -0.681. The summed E-state index contributed by atoms with van der Waals surface area (Å²) in [6.45, 7) is 3.11. The lowest BCUT2D eigenvalue weighted by Crippen LogP contribution is -2.16. The number of hydrogen-bond donors (Lipinski definition) is 2. The molecule has 2 heterocycles. The number of hydrogen-bond acceptors (Lipinski definition) is 5. The van der Waals surface area contributed by atoms with Gasteiger partial charge < -0.3 is 16.0 Å². The second-order valence-electron chi connectivity index (χ2n) is 7.99. The number of halogens is 1. The van der Waals surface area contributed by atoms with Crippen molar-refractivity contribution in [3.05, 3.63) is 82.9 Å². The number of carbonyl (C=O) groups excluding carboxylic acids is 1. The highest BCUT2D eigenvalue weighted by atomic mass is 19.1. The second-order valence-corrected chi connectivity index (χ2v) is 7.99. The summed E-state index contributed by atoms with van der Waals surface area (Å²) in [7, 11) is 3.96. The third-order valence-electron chi connectivity index (χ3n) is 5.18. The number of amides is 1. The van der Waals surface area contributed by atoms with E-state index in [1.165, 1.54) is 6.07 Å². The molecule has 0 radical (unpaired) electrons. The molecule has 0 unspecified atom stereocenters. The molecule has 0 atom stereocenters. The van der Waals surface area contributed by atoms with Crippen LogP contribution < -0.4 is 11.1 Å². The van der Waals surface area contributed by atoms with Crippen molar-refractivity contribution < 1.29 is 9.18 Å². The van der Waals surface area contributed by atoms with Gasteiger partial charge in [0.05, 0.1) is 11.1 Å². The van der Waals surface area contributed by atoms with Gasteiger partial charge in [0, 0.05) is 35.9 Å². The fourth-order valence-electron chi connectivity index (χ4n) is 3.77. The first-order valence-corrected chi connectivity index (χ1v) is 10.2. The molecule has 3 N–H and O–H groups in total. The van der Waals surface area contributed by atoms with Crippen LogP contribution in [0.1, 0.15) is 27.2 Å². The topological polar surface area (TPSA) is 89.1 Å². The molecule has 7 nitrogen and oxygen atoms in total. The third-order valence-corrected chi connectivity index (χ3v) is 5.18. The molecule has 1 amide bonds. The van der Waals surface area contributed by atoms with Gasteiger partial charge in [-0.25, -0.2) is 9.37 Å². The van der Waals surface area contributed by atoms with Gasteiger partial charge in [-0.3, -0.25) is 9.36 Å². The largest absolute Gasteiger partial charge is 0.366 e. The zero-order valence-corrected chi connectivity index (χ0v) is 18.3. The summed E-state index contributed by atoms with van der Waals surface area (Å²) >= 11 is 0. The third kappa shape index (κ3) is 4.31. The lowest BCUT2D eigenvalue weighted by Gasteiger charge is -2.16. The first-order valence-electron chi connectivity index (χ1n) is 10.2. The van der Waals surface area contributed by atoms with E-state index in [9.17, 15) is 9.18 Å². The summed E-state index contributed by atoms with van der Waals surface area (Å²) in [6.07, 6.45) is 1.77. The molecule has 0 bridgehead atoms. The lowest BCUT2D eigenvalue weighted by atomic mass is 10.1. The Morgan fingerprint density at radius 1 is 1.19 bits per heavy atom. The Bertz CT molecular complexity index is 1280. The van der Waals surface area contributed by atoms with E-state index in [2.05, 4.69) is 10.3 Å². The quantitative estimate of drug-likeness (QED) is 0.465. The van der Waals surface area contributed by atoms with Gasteiger partial charge in [-0.05, 0) is 44.8 Å². The van der Waals surface area contributed by atoms with E-state index in [1.54, 1.807) is 16.8 Å². The van der Waals surface area contributed by atoms with Crippen molar-refractivity contribution in [3.63, 3.8) is 0 Å². The van der Waals surface area contributed by atoms with Gasteiger partial charge in [0.2, 0.25) is 11.9 Å². The Morgan fingerprint density at radius 3 is 2.62 bits per heavy atom. The van der Waals surface area contributed by atoms with E-state index in [0.717, 1.165) is 22.9 Å². The van der Waals surface area contributed by atoms with Gasteiger partial charge in [-0.1, -0.05) is 30.3 Å². The maximum absolute atomic E-state index is 14.3. The Morgan fingerprint density at radius 2 is 1.94 bits per heavy atom. The van der Waals surface area contributed by atoms with Crippen LogP contribution in [0.4, 0.5) is 10.2 Å². The van der Waals surface area contributed by atoms with E-state index in [0.29, 0.717) is 35.8 Å². The minimum Gasteiger partial charge on any atom is -0.366 e. The second kappa shape index (κ2) is 8.76. The number of benzene rings is 2. The minimum absolute atomic E-state index is 0.133. The van der Waals surface area contributed by atoms with Crippen LogP contribution in [-0.2, 0) is 13.1 Å². The van der Waals surface area contributed by atoms with Gasteiger partial charge >= 0.3 is 0 Å². The number of nitrogens with two attached hydrogens (primary N) is 1. The van der Waals surface area contributed by atoms with E-state index in [1.807, 2.05) is 56.3 Å². The average molecular weight is 433 g/mol. The summed E-state index contributed by atoms with van der Waals surface area (Å²) in [6, 6.07) is 14.3. The predicted molar refractivity (Wildman–Crippen MR) is 123 cm³/mol. The number of carbonyl (C=O) groups is 1. The summed E-state index contributed by atoms with van der Waals surface area (Å²) < 4.78 is 16.0. The first-order chi connectivity index (χ1) is 15.3. The van der Waals surface area contributed by atoms with E-state index in [-0.39, 0.29) is 5.56 Å². The van der Waals surface area contributed by atoms with Crippen LogP contribution in [0.5, 0.6) is 0 Å². The van der Waals surface area contributed by atoms with Crippen LogP contribution in [-0.4, -0.2) is 39.4 Å². The predicted octanol–water partition coefficient (Wildman–Crippen LogP) is 3.64. The van der Waals surface area contributed by atoms with Crippen molar-refractivity contribution in [2.24, 2.45) is 5.73 Å². The van der Waals surface area contributed by atoms with E-state index < -0.39 is 11.7 Å². The lowest BCUT2D eigenvalue weighted by molar-refractivity contribution is 0.100. The monoisotopic (exact) mass is 432 g/mol. The Labute approximate surface area is 185 Å². The van der Waals surface area contributed by atoms with E-state index in [4.69, 9.17) is 10.7 Å². The SMILES string of the molecule is Cc1cc2c(C(N)=O)cc(F)cc2n1-c1ncc(CN(C)C)c(NCc2ccccc2)n1. The smallest absolute Gasteiger partial charge is 0.249 e. The van der Waals surface area contributed by atoms with Crippen molar-refractivity contribution in [2.45, 2.75) is 20.0 Å². The highest BCUT2D eigenvalue weighted by molar-refractivity contribution is 6.06. The van der Waals surface area contributed by atoms with Gasteiger partial charge in [0.1, 0.15) is 11.6 Å². The van der Waals surface area contributed by atoms with Crippen LogP contribution >= 0.6 is 0 Å². The van der Waals surface area contributed by atoms with Gasteiger partial charge in [0.25, 0.3) is 0 Å². The molecule has 2 aromatic carbocycles. The number of aromatic nitrogens is 3. The molecule has 32 heavy (non-hydrogen) atoms. The van der Waals surface area contributed by atoms with Crippen LogP contribution in [0.2, 0.25) is 0 Å². The van der Waals surface area contributed by atoms with Crippen molar-refractivity contribution in [2.75, 3.05) is 19.4 Å². The van der Waals surface area contributed by atoms with Crippen LogP contribution in [0.15, 0.2) is 54.7 Å². The van der Waals surface area contributed by atoms with Crippen molar-refractivity contribution in [1.29, 1.82) is 0 Å². The van der Waals surface area contributed by atoms with Gasteiger partial charge in [-0.15, -0.1) is 0 Å². The highest BCUT2D eigenvalue weighted by Crippen LogP contribution is 2.28. The maximum Gasteiger partial charge on any atom is 0.249 e. The van der Waals surface area contributed by atoms with Crippen molar-refractivity contribution >= 4 is 22.6 Å². The Balaban J connectivity index is 1.81. The number of nitrogens with one attached hydrogen (secondary N) is 1. The summed E-state index contributed by atoms with van der Waals surface area (Å²) in [5.74, 6) is -0.145. The summed E-state index contributed by atoms with van der Waals surface area (Å²) in [5.41, 5.74) is 8.92. The normalized spacial score (nSPS) is 11.3. The van der Waals surface area contributed by atoms with E-state index >= 15 is 0 Å². The zero-order valence-electron chi connectivity index (χ0n) is 18.3. The van der Waals surface area contributed by atoms with Gasteiger partial charge in [0.15, 0.2) is 0 Å². The standard InChI is InChI=1S/C24H25FN6O/c1-15-9-19-20(22(26)32)10-18(25)11-21(19)31(15)24-28-13-17(14-30(2)3)23(29-24)27-12-16-7-5-4-6-8-16/h4-11,13H,12,14H2,1-3H3,(H2,26,32)(H,27,28,29). The van der Waals surface area contributed by atoms with Crippen molar-refractivity contribution in [3.8, 4) is 5.95 Å². The fourth-order valence-corrected chi connectivity index (χ4v) is 3.77. The molecule has 0 aliphatic heterocycles. The number of aryl methyl sites for hydroxylation is 1. The number of anilines is 1. The molecule has 0 saturated heterocycles. The Kier molecular flexibility index (Phi) is 5.87. The van der Waals surface area contributed by atoms with Crippen LogP contribution in [0.3, 0.4) is 0 Å². The molecule has 8 heteroatoms. The summed E-state index contributed by atoms with van der Waals surface area (Å²) in [5, 5.41) is 3.97. The molecular weight excluding hydrogens is 407 g/mol. The molecule has 0 aliphatic carbocycles. The fraction of sp³-hybridized carbons (Fsp3) is 0.208. The first kappa shape index (κ1) is 21.5. The zero-order chi connectivity index (χ0) is 22.8. The van der Waals surface area contributed by atoms with Crippen LogP contribution in [0.25, 0.3) is 16.9 Å². The van der Waals surface area contributed by atoms with Crippen molar-refractivity contribution in [1.82, 2.24) is 19.4 Å². The number of rotatable bonds is 7. The molecule has 2 aromatic heterocycles. The molecule has 0 saturated carbocycles. The van der Waals surface area contributed by atoms with Crippen LogP contribution in [0, 0.1) is 12.7 Å². The molecule has 0 spiro atoms. The number of fused-ring (bicyclic) bond motifs is 1. The molecule has 0 fully saturated rings. The molecule has 4 rings (SSSR count). The molecular formula is C24H25FN6O. The average Bonchev–Trinajstić information content (AvgIpc) is 3.08. The van der Waals surface area contributed by atoms with Gasteiger partial charge in [-0.2, -0.15) is 4.98 Å². The number of nitrogens with zero attached hydrogens (tertiary/aromatic N) is 4. The number of primary amides is 1.